The number of amides is 2. The number of hydrogen-bond donors (Lipinski definition) is 2. The SMILES string of the molecule is O=C(NCOc1ccc(Cl)cc1Cl)Nc1cc(S(=O)(=O)N2CCOCC2)ccc1Cl. The highest BCUT2D eigenvalue weighted by Gasteiger charge is 2.27. The minimum atomic E-state index is -3.73. The first-order valence-electron chi connectivity index (χ1n) is 8.77. The topological polar surface area (TPSA) is 97.0 Å². The molecule has 12 heteroatoms. The van der Waals surface area contributed by atoms with Crippen molar-refractivity contribution in [2.45, 2.75) is 4.90 Å². The van der Waals surface area contributed by atoms with Crippen molar-refractivity contribution in [1.82, 2.24) is 9.62 Å². The Morgan fingerprint density at radius 2 is 1.80 bits per heavy atom. The highest BCUT2D eigenvalue weighted by molar-refractivity contribution is 7.89. The van der Waals surface area contributed by atoms with E-state index in [1.54, 1.807) is 12.1 Å². The van der Waals surface area contributed by atoms with Gasteiger partial charge in [-0.05, 0) is 36.4 Å². The minimum Gasteiger partial charge on any atom is -0.472 e. The molecule has 0 spiro atoms. The molecule has 1 fully saturated rings. The molecular weight excluding hydrogens is 477 g/mol. The molecule has 0 aliphatic carbocycles. The number of halogens is 3. The fourth-order valence-electron chi connectivity index (χ4n) is 2.63. The second-order valence-corrected chi connectivity index (χ2v) is 9.34. The number of nitrogens with one attached hydrogen (secondary N) is 2. The van der Waals surface area contributed by atoms with E-state index in [4.69, 9.17) is 44.3 Å². The monoisotopic (exact) mass is 493 g/mol. The molecular formula is C18H18Cl3N3O5S. The maximum Gasteiger partial charge on any atom is 0.321 e. The van der Waals surface area contributed by atoms with Crippen LogP contribution in [-0.2, 0) is 14.8 Å². The summed E-state index contributed by atoms with van der Waals surface area (Å²) in [6.07, 6.45) is 0. The minimum absolute atomic E-state index is 0.0216. The van der Waals surface area contributed by atoms with Gasteiger partial charge in [-0.1, -0.05) is 34.8 Å². The summed E-state index contributed by atoms with van der Waals surface area (Å²) in [7, 11) is -3.73. The third kappa shape index (κ3) is 5.69. The third-order valence-corrected chi connectivity index (χ3v) is 6.90. The maximum absolute atomic E-state index is 12.8. The van der Waals surface area contributed by atoms with E-state index in [9.17, 15) is 13.2 Å². The van der Waals surface area contributed by atoms with Crippen LogP contribution in [0.1, 0.15) is 0 Å². The number of urea groups is 1. The molecule has 30 heavy (non-hydrogen) atoms. The summed E-state index contributed by atoms with van der Waals surface area (Å²) in [5.41, 5.74) is 0.146. The highest BCUT2D eigenvalue weighted by atomic mass is 35.5. The average Bonchev–Trinajstić information content (AvgIpc) is 2.72. The van der Waals surface area contributed by atoms with Crippen LogP contribution in [0, 0.1) is 0 Å². The van der Waals surface area contributed by atoms with Gasteiger partial charge in [0.15, 0.2) is 6.73 Å². The largest absolute Gasteiger partial charge is 0.472 e. The molecule has 2 aromatic rings. The van der Waals surface area contributed by atoms with Gasteiger partial charge < -0.3 is 20.1 Å². The number of nitrogens with zero attached hydrogens (tertiary/aromatic N) is 1. The molecule has 2 aromatic carbocycles. The second-order valence-electron chi connectivity index (χ2n) is 6.15. The van der Waals surface area contributed by atoms with Crippen LogP contribution in [0.4, 0.5) is 10.5 Å². The van der Waals surface area contributed by atoms with Crippen molar-refractivity contribution >= 4 is 56.5 Å². The van der Waals surface area contributed by atoms with Gasteiger partial charge in [-0.2, -0.15) is 4.31 Å². The average molecular weight is 495 g/mol. The molecule has 1 heterocycles. The number of carbonyl (C=O) groups excluding carboxylic acids is 1. The number of morpholine rings is 1. The molecule has 2 amide bonds. The van der Waals surface area contributed by atoms with Crippen molar-refractivity contribution in [2.24, 2.45) is 0 Å². The molecule has 3 rings (SSSR count). The number of rotatable bonds is 6. The van der Waals surface area contributed by atoms with Crippen molar-refractivity contribution in [3.63, 3.8) is 0 Å². The predicted molar refractivity (Wildman–Crippen MR) is 115 cm³/mol. The normalized spacial score (nSPS) is 14.9. The van der Waals surface area contributed by atoms with Gasteiger partial charge in [0, 0.05) is 18.1 Å². The summed E-state index contributed by atoms with van der Waals surface area (Å²) in [6, 6.07) is 8.16. The van der Waals surface area contributed by atoms with Gasteiger partial charge in [-0.3, -0.25) is 0 Å². The molecule has 0 unspecified atom stereocenters. The Hall–Kier alpha value is -1.75. The van der Waals surface area contributed by atoms with Crippen LogP contribution in [0.5, 0.6) is 5.75 Å². The van der Waals surface area contributed by atoms with Crippen LogP contribution in [-0.4, -0.2) is 51.8 Å². The summed E-state index contributed by atoms with van der Waals surface area (Å²) in [5.74, 6) is 0.345. The number of sulfonamides is 1. The lowest BCUT2D eigenvalue weighted by Gasteiger charge is -2.26. The van der Waals surface area contributed by atoms with Crippen molar-refractivity contribution in [1.29, 1.82) is 0 Å². The van der Waals surface area contributed by atoms with E-state index in [-0.39, 0.29) is 35.4 Å². The Bertz CT molecular complexity index is 1030. The van der Waals surface area contributed by atoms with E-state index >= 15 is 0 Å². The zero-order chi connectivity index (χ0) is 21.7. The van der Waals surface area contributed by atoms with Gasteiger partial charge in [0.05, 0.1) is 33.8 Å². The highest BCUT2D eigenvalue weighted by Crippen LogP contribution is 2.28. The lowest BCUT2D eigenvalue weighted by Crippen LogP contribution is -2.40. The number of anilines is 1. The van der Waals surface area contributed by atoms with Crippen LogP contribution >= 0.6 is 34.8 Å². The number of carbonyl (C=O) groups is 1. The van der Waals surface area contributed by atoms with Crippen LogP contribution in [0.15, 0.2) is 41.3 Å². The zero-order valence-corrected chi connectivity index (χ0v) is 18.6. The van der Waals surface area contributed by atoms with Crippen molar-refractivity contribution in [3.8, 4) is 5.75 Å². The Morgan fingerprint density at radius 3 is 2.50 bits per heavy atom. The number of hydrogen-bond acceptors (Lipinski definition) is 5. The molecule has 2 N–H and O–H groups in total. The molecule has 1 saturated heterocycles. The molecule has 1 aliphatic heterocycles. The van der Waals surface area contributed by atoms with Gasteiger partial charge in [0.2, 0.25) is 10.0 Å². The van der Waals surface area contributed by atoms with Gasteiger partial charge in [-0.15, -0.1) is 0 Å². The van der Waals surface area contributed by atoms with Crippen molar-refractivity contribution in [2.75, 3.05) is 38.4 Å². The molecule has 0 saturated carbocycles. The standard InChI is InChI=1S/C18H18Cl3N3O5S/c19-12-1-4-17(15(21)9-12)29-11-22-18(25)23-16-10-13(2-3-14(16)20)30(26,27)24-5-7-28-8-6-24/h1-4,9-10H,5-8,11H2,(H2,22,23,25). The van der Waals surface area contributed by atoms with E-state index in [0.29, 0.717) is 29.0 Å². The van der Waals surface area contributed by atoms with Crippen molar-refractivity contribution in [3.05, 3.63) is 51.5 Å². The fourth-order valence-corrected chi connectivity index (χ4v) is 4.70. The van der Waals surface area contributed by atoms with E-state index in [2.05, 4.69) is 10.6 Å². The summed E-state index contributed by atoms with van der Waals surface area (Å²) in [5, 5.41) is 5.93. The van der Waals surface area contributed by atoms with Gasteiger partial charge >= 0.3 is 6.03 Å². The Morgan fingerprint density at radius 1 is 1.07 bits per heavy atom. The van der Waals surface area contributed by atoms with E-state index in [0.717, 1.165) is 0 Å². The third-order valence-electron chi connectivity index (χ3n) is 4.15. The summed E-state index contributed by atoms with van der Waals surface area (Å²) < 4.78 is 37.5. The van der Waals surface area contributed by atoms with E-state index < -0.39 is 16.1 Å². The summed E-state index contributed by atoms with van der Waals surface area (Å²) in [6.45, 7) is 1.00. The quantitative estimate of drug-likeness (QED) is 0.595. The molecule has 1 aliphatic rings. The van der Waals surface area contributed by atoms with Crippen LogP contribution in [0.25, 0.3) is 0 Å². The molecule has 0 atom stereocenters. The lowest BCUT2D eigenvalue weighted by atomic mass is 10.3. The van der Waals surface area contributed by atoms with Gasteiger partial charge in [0.1, 0.15) is 5.75 Å². The Labute approximate surface area is 189 Å². The fraction of sp³-hybridized carbons (Fsp3) is 0.278. The van der Waals surface area contributed by atoms with E-state index in [1.165, 1.54) is 28.6 Å². The maximum atomic E-state index is 12.8. The van der Waals surface area contributed by atoms with Gasteiger partial charge in [-0.25, -0.2) is 13.2 Å². The molecule has 0 bridgehead atoms. The molecule has 0 aromatic heterocycles. The van der Waals surface area contributed by atoms with Crippen molar-refractivity contribution < 1.29 is 22.7 Å². The molecule has 162 valence electrons. The number of benzene rings is 2. The van der Waals surface area contributed by atoms with E-state index in [1.807, 2.05) is 0 Å². The van der Waals surface area contributed by atoms with Crippen LogP contribution in [0.2, 0.25) is 15.1 Å². The molecule has 0 radical (unpaired) electrons. The van der Waals surface area contributed by atoms with Crippen LogP contribution in [0.3, 0.4) is 0 Å². The smallest absolute Gasteiger partial charge is 0.321 e. The lowest BCUT2D eigenvalue weighted by molar-refractivity contribution is 0.0730. The number of ether oxygens (including phenoxy) is 2. The Kier molecular flexibility index (Phi) is 7.67. The summed E-state index contributed by atoms with van der Waals surface area (Å²) in [4.78, 5) is 12.2. The molecule has 8 nitrogen and oxygen atoms in total. The zero-order valence-electron chi connectivity index (χ0n) is 15.5. The first kappa shape index (κ1) is 22.9. The first-order valence-corrected chi connectivity index (χ1v) is 11.3. The first-order chi connectivity index (χ1) is 14.3. The van der Waals surface area contributed by atoms with Crippen LogP contribution < -0.4 is 15.4 Å². The van der Waals surface area contributed by atoms with Gasteiger partial charge in [0.25, 0.3) is 0 Å². The summed E-state index contributed by atoms with van der Waals surface area (Å²) >= 11 is 17.9. The second kappa shape index (κ2) is 10.0. The predicted octanol–water partition coefficient (Wildman–Crippen LogP) is 3.83. The Balaban J connectivity index is 1.63.